The van der Waals surface area contributed by atoms with Crippen molar-refractivity contribution >= 4 is 31.9 Å². The topological polar surface area (TPSA) is 77.9 Å². The number of carbonyl (C=O) groups excluding carboxylic acids is 1. The Balaban J connectivity index is 1.23. The molecule has 1 aromatic rings. The number of halogens is 1. The maximum absolute atomic E-state index is 13.1. The first-order valence-corrected chi connectivity index (χ1v) is 13.2. The SMILES string of the molecule is O=C(CC12CC3CC(CC(O)(C3)C1)C2)N1CCN(S(=O)(=O)c2cccc(Br)c2)CC1. The molecule has 4 bridgehead atoms. The zero-order chi connectivity index (χ0) is 21.1. The largest absolute Gasteiger partial charge is 0.390 e. The van der Waals surface area contributed by atoms with Crippen LogP contribution in [0.3, 0.4) is 0 Å². The molecule has 1 saturated heterocycles. The van der Waals surface area contributed by atoms with E-state index in [1.165, 1.54) is 10.7 Å². The van der Waals surface area contributed by atoms with E-state index in [0.29, 0.717) is 44.4 Å². The van der Waals surface area contributed by atoms with E-state index >= 15 is 0 Å². The van der Waals surface area contributed by atoms with Gasteiger partial charge in [0.05, 0.1) is 10.5 Å². The second kappa shape index (κ2) is 7.29. The molecule has 164 valence electrons. The highest BCUT2D eigenvalue weighted by molar-refractivity contribution is 9.10. The Hall–Kier alpha value is -0.960. The van der Waals surface area contributed by atoms with Crippen LogP contribution in [0.25, 0.3) is 0 Å². The van der Waals surface area contributed by atoms with E-state index in [0.717, 1.165) is 36.6 Å². The quantitative estimate of drug-likeness (QED) is 0.694. The number of carbonyl (C=O) groups is 1. The van der Waals surface area contributed by atoms with Gasteiger partial charge in [-0.3, -0.25) is 4.79 Å². The number of piperazine rings is 1. The standard InChI is InChI=1S/C22H29BrN2O4S/c23-18-2-1-3-19(9-18)30(28,29)25-6-4-24(5-7-25)20(26)14-21-10-16-8-17(11-21)13-22(27,12-16)15-21/h1-3,9,16-17,27H,4-8,10-15H2. The van der Waals surface area contributed by atoms with Crippen molar-refractivity contribution in [2.45, 2.75) is 55.4 Å². The van der Waals surface area contributed by atoms with Crippen molar-refractivity contribution in [2.75, 3.05) is 26.2 Å². The minimum absolute atomic E-state index is 0.0462. The summed E-state index contributed by atoms with van der Waals surface area (Å²) in [5.41, 5.74) is -0.601. The Morgan fingerprint density at radius 1 is 1.10 bits per heavy atom. The molecule has 8 heteroatoms. The second-order valence-electron chi connectivity index (χ2n) is 10.1. The Morgan fingerprint density at radius 3 is 2.37 bits per heavy atom. The number of hydrogen-bond acceptors (Lipinski definition) is 4. The summed E-state index contributed by atoms with van der Waals surface area (Å²) in [6.45, 7) is 1.50. The molecule has 6 rings (SSSR count). The van der Waals surface area contributed by atoms with Gasteiger partial charge in [0.1, 0.15) is 0 Å². The van der Waals surface area contributed by atoms with Crippen LogP contribution in [0.2, 0.25) is 0 Å². The highest BCUT2D eigenvalue weighted by Crippen LogP contribution is 2.62. The zero-order valence-corrected chi connectivity index (χ0v) is 19.5. The first kappa shape index (κ1) is 20.9. The lowest BCUT2D eigenvalue weighted by molar-refractivity contribution is -0.172. The number of rotatable bonds is 4. The lowest BCUT2D eigenvalue weighted by Crippen LogP contribution is -2.57. The molecule has 2 unspecified atom stereocenters. The van der Waals surface area contributed by atoms with E-state index in [1.807, 2.05) is 4.90 Å². The molecule has 0 spiro atoms. The molecular weight excluding hydrogens is 468 g/mol. The average molecular weight is 497 g/mol. The van der Waals surface area contributed by atoms with Crippen LogP contribution in [-0.4, -0.2) is 60.4 Å². The monoisotopic (exact) mass is 496 g/mol. The average Bonchev–Trinajstić information content (AvgIpc) is 2.66. The molecule has 30 heavy (non-hydrogen) atoms. The van der Waals surface area contributed by atoms with Crippen molar-refractivity contribution in [2.24, 2.45) is 17.3 Å². The minimum atomic E-state index is -3.55. The van der Waals surface area contributed by atoms with Gasteiger partial charge in [-0.05, 0) is 74.0 Å². The van der Waals surface area contributed by atoms with Gasteiger partial charge in [0.15, 0.2) is 0 Å². The first-order valence-electron chi connectivity index (χ1n) is 10.9. The van der Waals surface area contributed by atoms with Crippen LogP contribution in [0.5, 0.6) is 0 Å². The number of aliphatic hydroxyl groups is 1. The fourth-order valence-corrected chi connectivity index (χ4v) is 9.02. The third-order valence-corrected chi connectivity index (χ3v) is 10.1. The molecule has 5 fully saturated rings. The van der Waals surface area contributed by atoms with Crippen LogP contribution in [0.4, 0.5) is 0 Å². The van der Waals surface area contributed by atoms with Crippen molar-refractivity contribution in [1.82, 2.24) is 9.21 Å². The predicted octanol–water partition coefficient (Wildman–Crippen LogP) is 3.00. The summed E-state index contributed by atoms with van der Waals surface area (Å²) >= 11 is 3.33. The van der Waals surface area contributed by atoms with Crippen LogP contribution in [-0.2, 0) is 14.8 Å². The van der Waals surface area contributed by atoms with E-state index in [2.05, 4.69) is 15.9 Å². The number of sulfonamides is 1. The van der Waals surface area contributed by atoms with E-state index in [4.69, 9.17) is 0 Å². The van der Waals surface area contributed by atoms with Gasteiger partial charge in [-0.15, -0.1) is 0 Å². The second-order valence-corrected chi connectivity index (χ2v) is 13.0. The molecule has 1 aromatic carbocycles. The Morgan fingerprint density at radius 2 is 1.77 bits per heavy atom. The molecule has 4 saturated carbocycles. The normalized spacial score (nSPS) is 36.3. The molecule has 5 aliphatic rings. The molecule has 0 aromatic heterocycles. The molecule has 6 nitrogen and oxygen atoms in total. The van der Waals surface area contributed by atoms with Gasteiger partial charge in [0.2, 0.25) is 15.9 Å². The summed E-state index contributed by atoms with van der Waals surface area (Å²) < 4.78 is 28.1. The van der Waals surface area contributed by atoms with E-state index in [-0.39, 0.29) is 16.2 Å². The molecule has 2 atom stereocenters. The Kier molecular flexibility index (Phi) is 5.08. The highest BCUT2D eigenvalue weighted by atomic mass is 79.9. The molecule has 1 heterocycles. The predicted molar refractivity (Wildman–Crippen MR) is 116 cm³/mol. The van der Waals surface area contributed by atoms with Crippen molar-refractivity contribution in [3.8, 4) is 0 Å². The van der Waals surface area contributed by atoms with Crippen molar-refractivity contribution in [3.05, 3.63) is 28.7 Å². The van der Waals surface area contributed by atoms with E-state index in [1.54, 1.807) is 24.3 Å². The smallest absolute Gasteiger partial charge is 0.243 e. The van der Waals surface area contributed by atoms with Gasteiger partial charge in [-0.1, -0.05) is 22.0 Å². The van der Waals surface area contributed by atoms with Crippen LogP contribution in [0, 0.1) is 17.3 Å². The van der Waals surface area contributed by atoms with Gasteiger partial charge in [-0.2, -0.15) is 4.31 Å². The van der Waals surface area contributed by atoms with Crippen molar-refractivity contribution < 1.29 is 18.3 Å². The third kappa shape index (κ3) is 3.74. The molecule has 1 amide bonds. The van der Waals surface area contributed by atoms with Gasteiger partial charge in [-0.25, -0.2) is 8.42 Å². The molecule has 0 radical (unpaired) electrons. The maximum Gasteiger partial charge on any atom is 0.243 e. The first-order chi connectivity index (χ1) is 14.2. The van der Waals surface area contributed by atoms with Gasteiger partial charge < -0.3 is 10.0 Å². The van der Waals surface area contributed by atoms with E-state index in [9.17, 15) is 18.3 Å². The molecule has 1 aliphatic heterocycles. The maximum atomic E-state index is 13.1. The summed E-state index contributed by atoms with van der Waals surface area (Å²) in [5, 5.41) is 10.9. The van der Waals surface area contributed by atoms with Crippen LogP contribution in [0.1, 0.15) is 44.9 Å². The third-order valence-electron chi connectivity index (χ3n) is 7.70. The fourth-order valence-electron chi connectivity index (χ4n) is 7.00. The summed E-state index contributed by atoms with van der Waals surface area (Å²) in [7, 11) is -3.55. The van der Waals surface area contributed by atoms with Crippen LogP contribution < -0.4 is 0 Å². The zero-order valence-electron chi connectivity index (χ0n) is 17.1. The number of hydrogen-bond donors (Lipinski definition) is 1. The van der Waals surface area contributed by atoms with Crippen molar-refractivity contribution in [1.29, 1.82) is 0 Å². The van der Waals surface area contributed by atoms with Gasteiger partial charge >= 0.3 is 0 Å². The number of benzene rings is 1. The van der Waals surface area contributed by atoms with Crippen molar-refractivity contribution in [3.63, 3.8) is 0 Å². The van der Waals surface area contributed by atoms with Gasteiger partial charge in [0, 0.05) is 37.1 Å². The summed E-state index contributed by atoms with van der Waals surface area (Å²) in [4.78, 5) is 15.2. The molecular formula is C22H29BrN2O4S. The Labute approximate surface area is 186 Å². The number of amides is 1. The van der Waals surface area contributed by atoms with Crippen LogP contribution >= 0.6 is 15.9 Å². The van der Waals surface area contributed by atoms with Gasteiger partial charge in [0.25, 0.3) is 0 Å². The summed E-state index contributed by atoms with van der Waals surface area (Å²) in [5.74, 6) is 1.26. The molecule has 1 N–H and O–H groups in total. The fraction of sp³-hybridized carbons (Fsp3) is 0.682. The highest BCUT2D eigenvalue weighted by Gasteiger charge is 2.57. The lowest BCUT2D eigenvalue weighted by atomic mass is 9.47. The minimum Gasteiger partial charge on any atom is -0.390 e. The molecule has 4 aliphatic carbocycles. The Bertz CT molecular complexity index is 944. The lowest BCUT2D eigenvalue weighted by Gasteiger charge is -2.60. The van der Waals surface area contributed by atoms with Crippen LogP contribution in [0.15, 0.2) is 33.6 Å². The number of nitrogens with zero attached hydrogens (tertiary/aromatic N) is 2. The summed E-state index contributed by atoms with van der Waals surface area (Å²) in [6, 6.07) is 6.74. The van der Waals surface area contributed by atoms with E-state index < -0.39 is 15.6 Å². The summed E-state index contributed by atoms with van der Waals surface area (Å²) in [6.07, 6.45) is 6.42.